The topological polar surface area (TPSA) is 65.3 Å². The minimum atomic E-state index is -0.500. The minimum Gasteiger partial charge on any atom is -0.482 e. The molecule has 0 saturated heterocycles. The fraction of sp³-hybridized carbons (Fsp3) is 0.154. The van der Waals surface area contributed by atoms with Crippen molar-refractivity contribution < 1.29 is 9.66 Å². The molecule has 2 rings (SSSR count). The number of rotatable bonds is 4. The molecule has 19 heavy (non-hydrogen) atoms. The summed E-state index contributed by atoms with van der Waals surface area (Å²) in [7, 11) is 0. The van der Waals surface area contributed by atoms with Crippen LogP contribution in [0.2, 0.25) is 5.02 Å². The van der Waals surface area contributed by atoms with Crippen LogP contribution in [0.5, 0.6) is 5.75 Å². The fourth-order valence-corrected chi connectivity index (χ4v) is 1.77. The Bertz CT molecular complexity index is 617. The van der Waals surface area contributed by atoms with E-state index in [0.29, 0.717) is 5.02 Å². The highest BCUT2D eigenvalue weighted by Gasteiger charge is 2.15. The van der Waals surface area contributed by atoms with Gasteiger partial charge in [-0.1, -0.05) is 11.6 Å². The van der Waals surface area contributed by atoms with Gasteiger partial charge in [-0.25, -0.2) is 0 Å². The van der Waals surface area contributed by atoms with Gasteiger partial charge in [-0.05, 0) is 24.6 Å². The van der Waals surface area contributed by atoms with Crippen LogP contribution in [0.15, 0.2) is 36.7 Å². The maximum Gasteiger partial charge on any atom is 0.311 e. The molecule has 1 aromatic carbocycles. The smallest absolute Gasteiger partial charge is 0.311 e. The van der Waals surface area contributed by atoms with Crippen molar-refractivity contribution in [2.75, 3.05) is 0 Å². The van der Waals surface area contributed by atoms with E-state index < -0.39 is 4.92 Å². The van der Waals surface area contributed by atoms with Gasteiger partial charge in [0, 0.05) is 35.1 Å². The van der Waals surface area contributed by atoms with Crippen molar-refractivity contribution in [1.29, 1.82) is 0 Å². The fourth-order valence-electron chi connectivity index (χ4n) is 1.61. The van der Waals surface area contributed by atoms with Crippen LogP contribution in [-0.4, -0.2) is 9.91 Å². The zero-order valence-electron chi connectivity index (χ0n) is 10.2. The number of aromatic nitrogens is 1. The minimum absolute atomic E-state index is 0.106. The number of pyridine rings is 1. The molecular formula is C13H11ClN2O3. The van der Waals surface area contributed by atoms with Crippen molar-refractivity contribution in [1.82, 2.24) is 4.98 Å². The summed E-state index contributed by atoms with van der Waals surface area (Å²) in [6, 6.07) is 6.12. The number of hydrogen-bond acceptors (Lipinski definition) is 4. The van der Waals surface area contributed by atoms with Gasteiger partial charge in [0.15, 0.2) is 5.75 Å². The molecule has 0 spiro atoms. The molecule has 0 amide bonds. The van der Waals surface area contributed by atoms with Crippen LogP contribution in [0.4, 0.5) is 5.69 Å². The van der Waals surface area contributed by atoms with E-state index in [9.17, 15) is 10.1 Å². The van der Waals surface area contributed by atoms with Crippen molar-refractivity contribution in [2.45, 2.75) is 13.5 Å². The zero-order chi connectivity index (χ0) is 13.8. The lowest BCUT2D eigenvalue weighted by atomic mass is 10.2. The lowest BCUT2D eigenvalue weighted by molar-refractivity contribution is -0.385. The molecule has 6 heteroatoms. The Morgan fingerprint density at radius 2 is 2.16 bits per heavy atom. The van der Waals surface area contributed by atoms with Crippen LogP contribution < -0.4 is 4.74 Å². The Kier molecular flexibility index (Phi) is 3.97. The zero-order valence-corrected chi connectivity index (χ0v) is 10.9. The van der Waals surface area contributed by atoms with Gasteiger partial charge >= 0.3 is 5.69 Å². The summed E-state index contributed by atoms with van der Waals surface area (Å²) in [4.78, 5) is 14.4. The molecule has 0 aliphatic rings. The maximum atomic E-state index is 10.9. The number of benzene rings is 1. The van der Waals surface area contributed by atoms with Gasteiger partial charge in [-0.3, -0.25) is 15.1 Å². The first-order chi connectivity index (χ1) is 9.06. The molecule has 0 fully saturated rings. The lowest BCUT2D eigenvalue weighted by Gasteiger charge is -2.07. The molecule has 0 N–H and O–H groups in total. The average Bonchev–Trinajstić information content (AvgIpc) is 2.36. The van der Waals surface area contributed by atoms with Crippen molar-refractivity contribution in [3.05, 3.63) is 62.9 Å². The molecular weight excluding hydrogens is 268 g/mol. The van der Waals surface area contributed by atoms with Gasteiger partial charge in [-0.15, -0.1) is 0 Å². The van der Waals surface area contributed by atoms with Crippen LogP contribution in [0, 0.1) is 17.0 Å². The Morgan fingerprint density at radius 3 is 2.84 bits per heavy atom. The second-order valence-electron chi connectivity index (χ2n) is 4.03. The largest absolute Gasteiger partial charge is 0.482 e. The number of ether oxygens (including phenoxy) is 1. The quantitative estimate of drug-likeness (QED) is 0.634. The van der Waals surface area contributed by atoms with Gasteiger partial charge in [0.05, 0.1) is 4.92 Å². The van der Waals surface area contributed by atoms with E-state index in [4.69, 9.17) is 16.3 Å². The van der Waals surface area contributed by atoms with Gasteiger partial charge < -0.3 is 4.74 Å². The molecule has 0 saturated carbocycles. The van der Waals surface area contributed by atoms with Crippen LogP contribution in [0.25, 0.3) is 0 Å². The van der Waals surface area contributed by atoms with E-state index in [-0.39, 0.29) is 18.0 Å². The molecule has 98 valence electrons. The molecule has 0 unspecified atom stereocenters. The van der Waals surface area contributed by atoms with E-state index in [0.717, 1.165) is 11.1 Å². The van der Waals surface area contributed by atoms with Crippen molar-refractivity contribution in [2.24, 2.45) is 0 Å². The Hall–Kier alpha value is -2.14. The summed E-state index contributed by atoms with van der Waals surface area (Å²) >= 11 is 5.81. The first-order valence-corrected chi connectivity index (χ1v) is 5.91. The summed E-state index contributed by atoms with van der Waals surface area (Å²) in [6.07, 6.45) is 3.38. The van der Waals surface area contributed by atoms with Gasteiger partial charge in [0.2, 0.25) is 0 Å². The number of hydrogen-bond donors (Lipinski definition) is 0. The summed E-state index contributed by atoms with van der Waals surface area (Å²) in [5.74, 6) is 0.152. The van der Waals surface area contributed by atoms with E-state index in [2.05, 4.69) is 4.98 Å². The summed E-state index contributed by atoms with van der Waals surface area (Å²) in [5.41, 5.74) is 1.74. The Balaban J connectivity index is 2.19. The molecule has 5 nitrogen and oxygen atoms in total. The monoisotopic (exact) mass is 278 g/mol. The predicted molar refractivity (Wildman–Crippen MR) is 71.4 cm³/mol. The predicted octanol–water partition coefficient (Wildman–Crippen LogP) is 3.53. The van der Waals surface area contributed by atoms with Crippen LogP contribution >= 0.6 is 11.6 Å². The summed E-state index contributed by atoms with van der Waals surface area (Å²) in [5, 5.41) is 11.3. The van der Waals surface area contributed by atoms with Crippen LogP contribution in [0.1, 0.15) is 11.1 Å². The van der Waals surface area contributed by atoms with Crippen LogP contribution in [0.3, 0.4) is 0 Å². The molecule has 0 radical (unpaired) electrons. The van der Waals surface area contributed by atoms with Crippen molar-refractivity contribution >= 4 is 17.3 Å². The molecule has 2 aromatic rings. The highest BCUT2D eigenvalue weighted by molar-refractivity contribution is 6.30. The summed E-state index contributed by atoms with van der Waals surface area (Å²) in [6.45, 7) is 2.12. The number of nitrogens with zero attached hydrogens (tertiary/aromatic N) is 2. The SMILES string of the molecule is Cc1cncc(COc2cc(Cl)ccc2[N+](=O)[O-])c1. The van der Waals surface area contributed by atoms with Gasteiger partial charge in [0.25, 0.3) is 0 Å². The van der Waals surface area contributed by atoms with Crippen molar-refractivity contribution in [3.8, 4) is 5.75 Å². The molecule has 0 bridgehead atoms. The third kappa shape index (κ3) is 3.42. The standard InChI is InChI=1S/C13H11ClN2O3/c1-9-4-10(7-15-6-9)8-19-13-5-11(14)2-3-12(13)16(17)18/h2-7H,8H2,1H3. The molecule has 0 atom stereocenters. The Morgan fingerprint density at radius 1 is 1.37 bits per heavy atom. The molecule has 0 aliphatic carbocycles. The number of halogens is 1. The highest BCUT2D eigenvalue weighted by atomic mass is 35.5. The van der Waals surface area contributed by atoms with E-state index >= 15 is 0 Å². The lowest BCUT2D eigenvalue weighted by Crippen LogP contribution is -2.00. The molecule has 0 aliphatic heterocycles. The number of nitro benzene ring substituents is 1. The molecule has 1 aromatic heterocycles. The second-order valence-corrected chi connectivity index (χ2v) is 4.46. The normalized spacial score (nSPS) is 10.2. The van der Waals surface area contributed by atoms with E-state index in [1.807, 2.05) is 13.0 Å². The second kappa shape index (κ2) is 5.67. The van der Waals surface area contributed by atoms with Crippen molar-refractivity contribution in [3.63, 3.8) is 0 Å². The van der Waals surface area contributed by atoms with Crippen LogP contribution in [-0.2, 0) is 6.61 Å². The Labute approximate surface area is 115 Å². The third-order valence-corrected chi connectivity index (χ3v) is 2.68. The van der Waals surface area contributed by atoms with E-state index in [1.54, 1.807) is 12.4 Å². The maximum absolute atomic E-state index is 10.9. The number of aryl methyl sites for hydroxylation is 1. The third-order valence-electron chi connectivity index (χ3n) is 2.44. The molecule has 1 heterocycles. The highest BCUT2D eigenvalue weighted by Crippen LogP contribution is 2.30. The van der Waals surface area contributed by atoms with Gasteiger partial charge in [0.1, 0.15) is 6.61 Å². The average molecular weight is 279 g/mol. The van der Waals surface area contributed by atoms with Gasteiger partial charge in [-0.2, -0.15) is 0 Å². The van der Waals surface area contributed by atoms with E-state index in [1.165, 1.54) is 18.2 Å². The summed E-state index contributed by atoms with van der Waals surface area (Å²) < 4.78 is 5.45. The first-order valence-electron chi connectivity index (χ1n) is 5.53. The number of nitro groups is 1. The first kappa shape index (κ1) is 13.3.